The lowest BCUT2D eigenvalue weighted by molar-refractivity contribution is -0.161. The molecule has 0 saturated heterocycles. The van der Waals surface area contributed by atoms with Crippen LogP contribution < -0.4 is 0 Å². The third-order valence-corrected chi connectivity index (χ3v) is 8.95. The van der Waals surface area contributed by atoms with Gasteiger partial charge in [-0.05, 0) is 32.4 Å². The Labute approximate surface area is 269 Å². The minimum Gasteiger partial charge on any atom is -0.449 e. The van der Waals surface area contributed by atoms with Gasteiger partial charge < -0.3 is 14.4 Å². The monoisotopic (exact) mass is 605 g/mol. The van der Waals surface area contributed by atoms with Gasteiger partial charge in [0.1, 0.15) is 0 Å². The average molecular weight is 606 g/mol. The molecule has 4 aromatic rings. The Morgan fingerprint density at radius 2 is 0.889 bits per heavy atom. The quantitative estimate of drug-likeness (QED) is 0.120. The second kappa shape index (κ2) is 16.2. The Bertz CT molecular complexity index is 1370. The van der Waals surface area contributed by atoms with Gasteiger partial charge in [-0.15, -0.1) is 0 Å². The summed E-state index contributed by atoms with van der Waals surface area (Å²) in [4.78, 5) is 29.7. The molecule has 0 aliphatic rings. The molecule has 236 valence electrons. The first kappa shape index (κ1) is 33.7. The van der Waals surface area contributed by atoms with Crippen LogP contribution in [0.15, 0.2) is 121 Å². The molecule has 0 aromatic heterocycles. The van der Waals surface area contributed by atoms with Gasteiger partial charge in [0.15, 0.2) is 11.2 Å². The largest absolute Gasteiger partial charge is 0.449 e. The highest BCUT2D eigenvalue weighted by molar-refractivity contribution is 5.73. The summed E-state index contributed by atoms with van der Waals surface area (Å²) in [5.74, 6) is -0.571. The van der Waals surface area contributed by atoms with E-state index in [2.05, 4.69) is 18.7 Å². The minimum absolute atomic E-state index is 0.173. The van der Waals surface area contributed by atoms with Gasteiger partial charge in [0.2, 0.25) is 0 Å². The maximum atomic E-state index is 13.8. The Balaban J connectivity index is 1.55. The molecule has 0 bridgehead atoms. The van der Waals surface area contributed by atoms with Gasteiger partial charge in [-0.1, -0.05) is 149 Å². The van der Waals surface area contributed by atoms with E-state index < -0.39 is 11.2 Å². The van der Waals surface area contributed by atoms with Crippen LogP contribution in [0.25, 0.3) is 0 Å². The highest BCUT2D eigenvalue weighted by Crippen LogP contribution is 2.39. The molecule has 4 rings (SSSR count). The standard InChI is InChI=1S/C40H47NO4/c1-5-39(32-21-13-9-14-22-32,33-23-15-10-16-24-33)44-37(42)30-29-36(41(7-3)8-4)31-38(43)45-40(6-2,34-25-17-11-18-26-34)35-27-19-12-20-28-35/h9-28,36H,5-8,29-31H2,1-4H3. The second-order valence-electron chi connectivity index (χ2n) is 11.4. The van der Waals surface area contributed by atoms with Crippen LogP contribution >= 0.6 is 0 Å². The van der Waals surface area contributed by atoms with Crippen molar-refractivity contribution in [2.45, 2.75) is 77.0 Å². The zero-order chi connectivity index (χ0) is 32.1. The number of nitrogens with zero attached hydrogens (tertiary/aromatic N) is 1. The number of hydrogen-bond donors (Lipinski definition) is 0. The van der Waals surface area contributed by atoms with Gasteiger partial charge in [0, 0.05) is 34.7 Å². The fourth-order valence-corrected chi connectivity index (χ4v) is 6.47. The summed E-state index contributed by atoms with van der Waals surface area (Å²) in [6, 6.07) is 39.6. The highest BCUT2D eigenvalue weighted by atomic mass is 16.6. The molecule has 4 aromatic carbocycles. The van der Waals surface area contributed by atoms with E-state index in [0.29, 0.717) is 19.3 Å². The van der Waals surface area contributed by atoms with Crippen molar-refractivity contribution >= 4 is 11.9 Å². The lowest BCUT2D eigenvalue weighted by Gasteiger charge is -2.36. The first-order valence-electron chi connectivity index (χ1n) is 16.3. The summed E-state index contributed by atoms with van der Waals surface area (Å²) < 4.78 is 12.9. The van der Waals surface area contributed by atoms with Gasteiger partial charge in [-0.2, -0.15) is 0 Å². The van der Waals surface area contributed by atoms with E-state index >= 15 is 0 Å². The van der Waals surface area contributed by atoms with Crippen molar-refractivity contribution in [3.8, 4) is 0 Å². The molecule has 0 N–H and O–H groups in total. The summed E-state index contributed by atoms with van der Waals surface area (Å²) in [7, 11) is 0. The van der Waals surface area contributed by atoms with E-state index in [1.165, 1.54) is 0 Å². The fourth-order valence-electron chi connectivity index (χ4n) is 6.47. The number of carbonyl (C=O) groups excluding carboxylic acids is 2. The highest BCUT2D eigenvalue weighted by Gasteiger charge is 2.39. The van der Waals surface area contributed by atoms with Crippen molar-refractivity contribution in [2.24, 2.45) is 0 Å². The van der Waals surface area contributed by atoms with Gasteiger partial charge >= 0.3 is 11.9 Å². The molecule has 0 saturated carbocycles. The Kier molecular flexibility index (Phi) is 12.1. The molecule has 0 radical (unpaired) electrons. The molecule has 5 nitrogen and oxygen atoms in total. The van der Waals surface area contributed by atoms with E-state index in [0.717, 1.165) is 35.3 Å². The number of ether oxygens (including phenoxy) is 2. The molecule has 1 atom stereocenters. The molecule has 5 heteroatoms. The van der Waals surface area contributed by atoms with Crippen molar-refractivity contribution in [2.75, 3.05) is 13.1 Å². The van der Waals surface area contributed by atoms with Crippen molar-refractivity contribution < 1.29 is 19.1 Å². The number of esters is 2. The van der Waals surface area contributed by atoms with Gasteiger partial charge in [-0.3, -0.25) is 9.59 Å². The van der Waals surface area contributed by atoms with Crippen LogP contribution in [0.2, 0.25) is 0 Å². The SMILES string of the molecule is CCN(CC)C(CCC(=O)OC(CC)(c1ccccc1)c1ccccc1)CC(=O)OC(CC)(c1ccccc1)c1ccccc1. The third-order valence-electron chi connectivity index (χ3n) is 8.95. The fraction of sp³-hybridized carbons (Fsp3) is 0.350. The van der Waals surface area contributed by atoms with E-state index in [4.69, 9.17) is 9.47 Å². The second-order valence-corrected chi connectivity index (χ2v) is 11.4. The molecule has 0 fully saturated rings. The molecule has 0 amide bonds. The summed E-state index contributed by atoms with van der Waals surface area (Å²) in [6.07, 6.45) is 2.03. The maximum absolute atomic E-state index is 13.8. The minimum atomic E-state index is -0.904. The predicted molar refractivity (Wildman–Crippen MR) is 181 cm³/mol. The molecule has 45 heavy (non-hydrogen) atoms. The molecule has 0 aliphatic carbocycles. The Hall–Kier alpha value is -4.22. The zero-order valence-corrected chi connectivity index (χ0v) is 27.2. The van der Waals surface area contributed by atoms with Crippen LogP contribution in [-0.2, 0) is 30.3 Å². The number of benzene rings is 4. The normalized spacial score (nSPS) is 12.5. The van der Waals surface area contributed by atoms with Crippen molar-refractivity contribution in [3.05, 3.63) is 144 Å². The smallest absolute Gasteiger partial charge is 0.308 e. The molecule has 0 aliphatic heterocycles. The first-order chi connectivity index (χ1) is 21.9. The zero-order valence-electron chi connectivity index (χ0n) is 27.2. The molecule has 0 spiro atoms. The van der Waals surface area contributed by atoms with Crippen molar-refractivity contribution in [1.82, 2.24) is 4.90 Å². The number of rotatable bonds is 16. The number of hydrogen-bond acceptors (Lipinski definition) is 5. The lowest BCUT2D eigenvalue weighted by Crippen LogP contribution is -2.40. The maximum Gasteiger partial charge on any atom is 0.308 e. The van der Waals surface area contributed by atoms with Gasteiger partial charge in [-0.25, -0.2) is 0 Å². The number of carbonyl (C=O) groups is 2. The van der Waals surface area contributed by atoms with Crippen LogP contribution in [0, 0.1) is 0 Å². The first-order valence-corrected chi connectivity index (χ1v) is 16.3. The summed E-state index contributed by atoms with van der Waals surface area (Å²) in [5, 5.41) is 0. The predicted octanol–water partition coefficient (Wildman–Crippen LogP) is 8.66. The molecular weight excluding hydrogens is 558 g/mol. The molecular formula is C40H47NO4. The van der Waals surface area contributed by atoms with Crippen LogP contribution in [0.5, 0.6) is 0 Å². The average Bonchev–Trinajstić information content (AvgIpc) is 3.10. The van der Waals surface area contributed by atoms with Crippen LogP contribution in [0.3, 0.4) is 0 Å². The summed E-state index contributed by atoms with van der Waals surface area (Å²) >= 11 is 0. The Morgan fingerprint density at radius 3 is 1.20 bits per heavy atom. The molecule has 0 heterocycles. The van der Waals surface area contributed by atoms with Crippen LogP contribution in [0.4, 0.5) is 0 Å². The van der Waals surface area contributed by atoms with E-state index in [9.17, 15) is 9.59 Å². The van der Waals surface area contributed by atoms with Gasteiger partial charge in [0.05, 0.1) is 6.42 Å². The van der Waals surface area contributed by atoms with E-state index in [1.807, 2.05) is 135 Å². The topological polar surface area (TPSA) is 55.8 Å². The van der Waals surface area contributed by atoms with E-state index in [1.54, 1.807) is 0 Å². The summed E-state index contributed by atoms with van der Waals surface area (Å²) in [6.45, 7) is 9.76. The van der Waals surface area contributed by atoms with Crippen molar-refractivity contribution in [1.29, 1.82) is 0 Å². The van der Waals surface area contributed by atoms with E-state index in [-0.39, 0.29) is 30.8 Å². The van der Waals surface area contributed by atoms with Crippen LogP contribution in [0.1, 0.15) is 82.1 Å². The van der Waals surface area contributed by atoms with Crippen LogP contribution in [-0.4, -0.2) is 36.0 Å². The van der Waals surface area contributed by atoms with Gasteiger partial charge in [0.25, 0.3) is 0 Å². The lowest BCUT2D eigenvalue weighted by atomic mass is 9.83. The van der Waals surface area contributed by atoms with Crippen molar-refractivity contribution in [3.63, 3.8) is 0 Å². The summed E-state index contributed by atoms with van der Waals surface area (Å²) in [5.41, 5.74) is 1.95. The molecule has 1 unspecified atom stereocenters. The Morgan fingerprint density at radius 1 is 0.556 bits per heavy atom. The third kappa shape index (κ3) is 7.90.